The number of hydrogen-bond donors (Lipinski definition) is 0. The van der Waals surface area contributed by atoms with Crippen LogP contribution in [0.3, 0.4) is 0 Å². The first-order chi connectivity index (χ1) is 13.3. The van der Waals surface area contributed by atoms with E-state index in [-0.39, 0.29) is 0 Å². The molecule has 0 aliphatic carbocycles. The number of methoxy groups -OCH3 is 1. The lowest BCUT2D eigenvalue weighted by molar-refractivity contribution is 0.180. The SMILES string of the molecule is COCc1nc(C)nc(N2CCN(S(C)(=O)=O)CC2)c1Cc1cccc(Cl)c1. The average Bonchev–Trinajstić information content (AvgIpc) is 2.63. The van der Waals surface area contributed by atoms with Crippen LogP contribution in [0.25, 0.3) is 0 Å². The monoisotopic (exact) mass is 424 g/mol. The summed E-state index contributed by atoms with van der Waals surface area (Å²) in [5.41, 5.74) is 2.89. The van der Waals surface area contributed by atoms with Crippen LogP contribution in [0.4, 0.5) is 5.82 Å². The van der Waals surface area contributed by atoms with Gasteiger partial charge in [0.25, 0.3) is 0 Å². The molecule has 9 heteroatoms. The summed E-state index contributed by atoms with van der Waals surface area (Å²) in [5, 5.41) is 0.683. The third-order valence-corrected chi connectivity index (χ3v) is 6.28. The van der Waals surface area contributed by atoms with Crippen LogP contribution in [0.15, 0.2) is 24.3 Å². The van der Waals surface area contributed by atoms with E-state index < -0.39 is 10.0 Å². The van der Waals surface area contributed by atoms with Crippen LogP contribution in [-0.2, 0) is 27.8 Å². The molecule has 1 aliphatic rings. The topological polar surface area (TPSA) is 75.6 Å². The van der Waals surface area contributed by atoms with Crippen molar-refractivity contribution in [2.75, 3.05) is 44.4 Å². The van der Waals surface area contributed by atoms with Gasteiger partial charge in [0.05, 0.1) is 18.6 Å². The molecule has 1 aromatic heterocycles. The quantitative estimate of drug-likeness (QED) is 0.708. The number of nitrogens with zero attached hydrogens (tertiary/aromatic N) is 4. The minimum absolute atomic E-state index is 0.384. The van der Waals surface area contributed by atoms with Crippen molar-refractivity contribution in [3.05, 3.63) is 51.9 Å². The molecule has 1 saturated heterocycles. The highest BCUT2D eigenvalue weighted by atomic mass is 35.5. The molecule has 7 nitrogen and oxygen atoms in total. The molecule has 1 aliphatic heterocycles. The molecule has 3 rings (SSSR count). The standard InChI is InChI=1S/C19H25ClN4O3S/c1-14-21-18(13-27-2)17(12-15-5-4-6-16(20)11-15)19(22-14)23-7-9-24(10-8-23)28(3,25)26/h4-6,11H,7-10,12-13H2,1-3H3. The summed E-state index contributed by atoms with van der Waals surface area (Å²) < 4.78 is 30.5. The molecule has 0 bridgehead atoms. The number of aromatic nitrogens is 2. The van der Waals surface area contributed by atoms with Crippen molar-refractivity contribution in [3.8, 4) is 0 Å². The van der Waals surface area contributed by atoms with E-state index in [2.05, 4.69) is 9.88 Å². The largest absolute Gasteiger partial charge is 0.378 e. The lowest BCUT2D eigenvalue weighted by atomic mass is 10.0. The fourth-order valence-electron chi connectivity index (χ4n) is 3.42. The van der Waals surface area contributed by atoms with E-state index in [4.69, 9.17) is 21.3 Å². The second-order valence-corrected chi connectivity index (χ2v) is 9.33. The van der Waals surface area contributed by atoms with Crippen LogP contribution in [0.2, 0.25) is 5.02 Å². The molecule has 0 spiro atoms. The van der Waals surface area contributed by atoms with Gasteiger partial charge in [0.2, 0.25) is 10.0 Å². The van der Waals surface area contributed by atoms with Crippen molar-refractivity contribution in [1.82, 2.24) is 14.3 Å². The van der Waals surface area contributed by atoms with Gasteiger partial charge in [0.15, 0.2) is 0 Å². The van der Waals surface area contributed by atoms with E-state index in [0.717, 1.165) is 22.6 Å². The highest BCUT2D eigenvalue weighted by Crippen LogP contribution is 2.27. The van der Waals surface area contributed by atoms with E-state index in [1.165, 1.54) is 10.6 Å². The third-order valence-electron chi connectivity index (χ3n) is 4.74. The van der Waals surface area contributed by atoms with Gasteiger partial charge < -0.3 is 9.64 Å². The lowest BCUT2D eigenvalue weighted by Crippen LogP contribution is -2.49. The van der Waals surface area contributed by atoms with Crippen LogP contribution in [0.5, 0.6) is 0 Å². The third kappa shape index (κ3) is 5.00. The minimum Gasteiger partial charge on any atom is -0.378 e. The number of anilines is 1. The number of benzene rings is 1. The Balaban J connectivity index is 1.95. The zero-order chi connectivity index (χ0) is 20.3. The maximum absolute atomic E-state index is 11.8. The fourth-order valence-corrected chi connectivity index (χ4v) is 4.46. The number of halogens is 1. The Bertz CT molecular complexity index is 944. The molecule has 152 valence electrons. The molecule has 0 unspecified atom stereocenters. The normalized spacial score (nSPS) is 15.8. The van der Waals surface area contributed by atoms with Gasteiger partial charge in [-0.15, -0.1) is 0 Å². The second kappa shape index (κ2) is 8.73. The van der Waals surface area contributed by atoms with Gasteiger partial charge in [-0.3, -0.25) is 0 Å². The summed E-state index contributed by atoms with van der Waals surface area (Å²) in [6.07, 6.45) is 1.87. The van der Waals surface area contributed by atoms with E-state index in [1.54, 1.807) is 7.11 Å². The Morgan fingerprint density at radius 1 is 1.18 bits per heavy atom. The zero-order valence-electron chi connectivity index (χ0n) is 16.4. The van der Waals surface area contributed by atoms with Crippen LogP contribution in [0.1, 0.15) is 22.6 Å². The number of piperazine rings is 1. The van der Waals surface area contributed by atoms with Crippen LogP contribution < -0.4 is 4.90 Å². The molecule has 0 N–H and O–H groups in total. The smallest absolute Gasteiger partial charge is 0.211 e. The first kappa shape index (κ1) is 21.0. The number of rotatable bonds is 6. The van der Waals surface area contributed by atoms with Gasteiger partial charge >= 0.3 is 0 Å². The van der Waals surface area contributed by atoms with Gasteiger partial charge in [-0.05, 0) is 24.6 Å². The Morgan fingerprint density at radius 3 is 2.50 bits per heavy atom. The summed E-state index contributed by atoms with van der Waals surface area (Å²) in [4.78, 5) is 11.4. The van der Waals surface area contributed by atoms with E-state index in [9.17, 15) is 8.42 Å². The first-order valence-corrected chi connectivity index (χ1v) is 11.3. The van der Waals surface area contributed by atoms with Crippen LogP contribution >= 0.6 is 11.6 Å². The molecule has 0 amide bonds. The minimum atomic E-state index is -3.18. The van der Waals surface area contributed by atoms with Gasteiger partial charge in [0.1, 0.15) is 11.6 Å². The Morgan fingerprint density at radius 2 is 1.89 bits per heavy atom. The number of hydrogen-bond acceptors (Lipinski definition) is 6. The predicted octanol–water partition coefficient (Wildman–Crippen LogP) is 2.26. The van der Waals surface area contributed by atoms with Crippen molar-refractivity contribution >= 4 is 27.4 Å². The molecule has 2 heterocycles. The summed E-state index contributed by atoms with van der Waals surface area (Å²) >= 11 is 6.16. The number of ether oxygens (including phenoxy) is 1. The van der Waals surface area contributed by atoms with E-state index in [0.29, 0.717) is 50.1 Å². The molecule has 2 aromatic rings. The average molecular weight is 425 g/mol. The molecule has 0 radical (unpaired) electrons. The van der Waals surface area contributed by atoms with Crippen LogP contribution in [0, 0.1) is 6.92 Å². The van der Waals surface area contributed by atoms with Gasteiger partial charge in [-0.2, -0.15) is 4.31 Å². The van der Waals surface area contributed by atoms with Gasteiger partial charge in [-0.1, -0.05) is 23.7 Å². The highest BCUT2D eigenvalue weighted by molar-refractivity contribution is 7.88. The second-order valence-electron chi connectivity index (χ2n) is 6.91. The van der Waals surface area contributed by atoms with Crippen molar-refractivity contribution in [3.63, 3.8) is 0 Å². The highest BCUT2D eigenvalue weighted by Gasteiger charge is 2.26. The van der Waals surface area contributed by atoms with Crippen LogP contribution in [-0.4, -0.2) is 62.2 Å². The van der Waals surface area contributed by atoms with Crippen molar-refractivity contribution in [2.24, 2.45) is 0 Å². The Labute approximate surface area is 171 Å². The summed E-state index contributed by atoms with van der Waals surface area (Å²) in [6.45, 7) is 4.29. The van der Waals surface area contributed by atoms with Gasteiger partial charge in [-0.25, -0.2) is 18.4 Å². The molecule has 0 atom stereocenters. The number of sulfonamides is 1. The summed E-state index contributed by atoms with van der Waals surface area (Å²) in [6, 6.07) is 7.72. The van der Waals surface area contributed by atoms with Crippen molar-refractivity contribution in [2.45, 2.75) is 20.0 Å². The maximum atomic E-state index is 11.8. The van der Waals surface area contributed by atoms with Crippen molar-refractivity contribution in [1.29, 1.82) is 0 Å². The summed E-state index contributed by atoms with van der Waals surface area (Å²) in [7, 11) is -1.54. The zero-order valence-corrected chi connectivity index (χ0v) is 17.9. The molecule has 1 aromatic carbocycles. The molecular weight excluding hydrogens is 400 g/mol. The molecule has 0 saturated carbocycles. The fraction of sp³-hybridized carbons (Fsp3) is 0.474. The Hall–Kier alpha value is -1.74. The molecule has 1 fully saturated rings. The van der Waals surface area contributed by atoms with Gasteiger partial charge in [0, 0.05) is 50.3 Å². The maximum Gasteiger partial charge on any atom is 0.211 e. The van der Waals surface area contributed by atoms with Crippen molar-refractivity contribution < 1.29 is 13.2 Å². The van der Waals surface area contributed by atoms with E-state index in [1.807, 2.05) is 31.2 Å². The number of aryl methyl sites for hydroxylation is 1. The molecule has 28 heavy (non-hydrogen) atoms. The predicted molar refractivity (Wildman–Crippen MR) is 110 cm³/mol. The Kier molecular flexibility index (Phi) is 6.54. The summed E-state index contributed by atoms with van der Waals surface area (Å²) in [5.74, 6) is 1.51. The lowest BCUT2D eigenvalue weighted by Gasteiger charge is -2.35. The van der Waals surface area contributed by atoms with E-state index >= 15 is 0 Å². The molecular formula is C19H25ClN4O3S. The first-order valence-electron chi connectivity index (χ1n) is 9.08.